The van der Waals surface area contributed by atoms with Crippen molar-refractivity contribution in [3.05, 3.63) is 29.8 Å². The van der Waals surface area contributed by atoms with E-state index in [0.717, 1.165) is 37.6 Å². The van der Waals surface area contributed by atoms with Gasteiger partial charge in [0.05, 0.1) is 31.4 Å². The molecule has 2 aliphatic heterocycles. The van der Waals surface area contributed by atoms with E-state index in [0.29, 0.717) is 11.3 Å². The lowest BCUT2D eigenvalue weighted by Crippen LogP contribution is -3.30. The molecule has 140 valence electrons. The number of imide groups is 1. The van der Waals surface area contributed by atoms with E-state index in [-0.39, 0.29) is 30.9 Å². The van der Waals surface area contributed by atoms with Gasteiger partial charge in [-0.2, -0.15) is 0 Å². The van der Waals surface area contributed by atoms with Gasteiger partial charge in [0.25, 0.3) is 5.91 Å². The molecule has 2 saturated heterocycles. The normalized spacial score (nSPS) is 26.2. The maximum Gasteiger partial charge on any atom is 0.337 e. The number of amides is 2. The molecule has 3 N–H and O–H groups in total. The Kier molecular flexibility index (Phi) is 5.65. The fourth-order valence-electron chi connectivity index (χ4n) is 3.77. The Morgan fingerprint density at radius 1 is 1.19 bits per heavy atom. The number of hydrogen-bond acceptors (Lipinski definition) is 5. The number of esters is 1. The molecule has 0 radical (unpaired) electrons. The van der Waals surface area contributed by atoms with Crippen molar-refractivity contribution in [1.29, 1.82) is 0 Å². The molecule has 0 aromatic heterocycles. The molecule has 2 fully saturated rings. The highest BCUT2D eigenvalue weighted by atomic mass is 16.5. The lowest BCUT2D eigenvalue weighted by atomic mass is 10.1. The largest absolute Gasteiger partial charge is 0.465 e. The summed E-state index contributed by atoms with van der Waals surface area (Å²) in [7, 11) is 1.30. The first kappa shape index (κ1) is 18.5. The summed E-state index contributed by atoms with van der Waals surface area (Å²) < 4.78 is 4.66. The number of anilines is 1. The van der Waals surface area contributed by atoms with Gasteiger partial charge in [-0.3, -0.25) is 9.59 Å². The molecule has 3 rings (SSSR count). The molecule has 0 spiro atoms. The highest BCUT2D eigenvalue weighted by molar-refractivity contribution is 6.21. The first-order chi connectivity index (χ1) is 12.5. The molecule has 0 saturated carbocycles. The summed E-state index contributed by atoms with van der Waals surface area (Å²) in [5, 5.41) is 9.04. The molecule has 1 aromatic carbocycles. The summed E-state index contributed by atoms with van der Waals surface area (Å²) in [5.41, 5.74) is 0.861. The predicted molar refractivity (Wildman–Crippen MR) is 92.0 cm³/mol. The lowest BCUT2D eigenvalue weighted by molar-refractivity contribution is -1.02. The average Bonchev–Trinajstić information content (AvgIpc) is 2.96. The van der Waals surface area contributed by atoms with E-state index in [9.17, 15) is 14.4 Å². The summed E-state index contributed by atoms with van der Waals surface area (Å²) in [4.78, 5) is 40.5. The zero-order chi connectivity index (χ0) is 18.7. The van der Waals surface area contributed by atoms with Crippen LogP contribution in [-0.4, -0.2) is 75.4 Å². The summed E-state index contributed by atoms with van der Waals surface area (Å²) in [6.07, 6.45) is 0.211. The molecule has 1 aromatic rings. The van der Waals surface area contributed by atoms with E-state index in [1.165, 1.54) is 16.9 Å². The van der Waals surface area contributed by atoms with Crippen molar-refractivity contribution in [1.82, 2.24) is 0 Å². The van der Waals surface area contributed by atoms with Gasteiger partial charge in [-0.15, -0.1) is 0 Å². The number of nitrogens with zero attached hydrogens (tertiary/aromatic N) is 1. The molecule has 0 aliphatic carbocycles. The van der Waals surface area contributed by atoms with E-state index < -0.39 is 5.97 Å². The number of benzene rings is 1. The van der Waals surface area contributed by atoms with Gasteiger partial charge < -0.3 is 19.6 Å². The monoisotopic (exact) mass is 363 g/mol. The van der Waals surface area contributed by atoms with Gasteiger partial charge in [0, 0.05) is 0 Å². The SMILES string of the molecule is COC(=O)c1ccc(N2C(=O)C[C@@H]([NH+]3CC[NH+](CCO)CC3)C2=O)cc1. The number of aliphatic hydroxyl groups is 1. The lowest BCUT2D eigenvalue weighted by Gasteiger charge is -2.31. The van der Waals surface area contributed by atoms with E-state index >= 15 is 0 Å². The second kappa shape index (κ2) is 7.94. The minimum absolute atomic E-state index is 0.168. The Hall–Kier alpha value is -2.29. The van der Waals surface area contributed by atoms with E-state index in [1.54, 1.807) is 24.3 Å². The van der Waals surface area contributed by atoms with Crippen molar-refractivity contribution in [3.63, 3.8) is 0 Å². The molecular formula is C18H25N3O5+2. The first-order valence-electron chi connectivity index (χ1n) is 8.89. The van der Waals surface area contributed by atoms with Crippen molar-refractivity contribution in [2.24, 2.45) is 0 Å². The van der Waals surface area contributed by atoms with Crippen LogP contribution in [0, 0.1) is 0 Å². The Morgan fingerprint density at radius 3 is 2.42 bits per heavy atom. The molecule has 1 atom stereocenters. The quantitative estimate of drug-likeness (QED) is 0.380. The van der Waals surface area contributed by atoms with Gasteiger partial charge in [-0.25, -0.2) is 9.69 Å². The van der Waals surface area contributed by atoms with Crippen LogP contribution in [0.5, 0.6) is 0 Å². The number of methoxy groups -OCH3 is 1. The minimum Gasteiger partial charge on any atom is -0.465 e. The number of piperazine rings is 1. The van der Waals surface area contributed by atoms with Crippen LogP contribution >= 0.6 is 0 Å². The molecule has 8 nitrogen and oxygen atoms in total. The minimum atomic E-state index is -0.457. The van der Waals surface area contributed by atoms with Crippen molar-refractivity contribution < 1.29 is 34.0 Å². The molecule has 8 heteroatoms. The van der Waals surface area contributed by atoms with Gasteiger partial charge in [-0.05, 0) is 24.3 Å². The second-order valence-electron chi connectivity index (χ2n) is 6.74. The van der Waals surface area contributed by atoms with Crippen LogP contribution in [0.4, 0.5) is 5.69 Å². The fraction of sp³-hybridized carbons (Fsp3) is 0.500. The number of quaternary nitrogens is 2. The summed E-state index contributed by atoms with van der Waals surface area (Å²) in [6.45, 7) is 4.30. The summed E-state index contributed by atoms with van der Waals surface area (Å²) in [6, 6.07) is 5.96. The van der Waals surface area contributed by atoms with Gasteiger partial charge in [-0.1, -0.05) is 0 Å². The smallest absolute Gasteiger partial charge is 0.337 e. The van der Waals surface area contributed by atoms with Gasteiger partial charge in [0.2, 0.25) is 5.91 Å². The standard InChI is InChI=1S/C18H23N3O5/c1-26-18(25)13-2-4-14(5-3-13)21-16(23)12-15(17(21)24)20-8-6-19(7-9-20)10-11-22/h2-5,15,22H,6-12H2,1H3/p+2/t15-/m1/s1. The highest BCUT2D eigenvalue weighted by Crippen LogP contribution is 2.22. The first-order valence-corrected chi connectivity index (χ1v) is 8.89. The molecule has 26 heavy (non-hydrogen) atoms. The maximum atomic E-state index is 12.8. The van der Waals surface area contributed by atoms with Crippen molar-refractivity contribution in [2.45, 2.75) is 12.5 Å². The molecule has 0 unspecified atom stereocenters. The summed E-state index contributed by atoms with van der Waals surface area (Å²) >= 11 is 0. The number of nitrogens with one attached hydrogen (secondary N) is 2. The summed E-state index contributed by atoms with van der Waals surface area (Å²) in [5.74, 6) is -0.842. The van der Waals surface area contributed by atoms with Gasteiger partial charge in [0.1, 0.15) is 32.7 Å². The van der Waals surface area contributed by atoms with Crippen LogP contribution in [0.2, 0.25) is 0 Å². The van der Waals surface area contributed by atoms with E-state index in [2.05, 4.69) is 4.74 Å². The third kappa shape index (κ3) is 3.62. The zero-order valence-electron chi connectivity index (χ0n) is 14.9. The molecule has 0 bridgehead atoms. The number of aliphatic hydroxyl groups excluding tert-OH is 1. The Morgan fingerprint density at radius 2 is 1.85 bits per heavy atom. The Labute approximate surface area is 151 Å². The average molecular weight is 363 g/mol. The van der Waals surface area contributed by atoms with Crippen LogP contribution in [-0.2, 0) is 14.3 Å². The van der Waals surface area contributed by atoms with Crippen LogP contribution in [0.1, 0.15) is 16.8 Å². The van der Waals surface area contributed by atoms with Crippen LogP contribution in [0.15, 0.2) is 24.3 Å². The topological polar surface area (TPSA) is 92.8 Å². The van der Waals surface area contributed by atoms with Crippen molar-refractivity contribution in [3.8, 4) is 0 Å². The van der Waals surface area contributed by atoms with Gasteiger partial charge >= 0.3 is 5.97 Å². The Balaban J connectivity index is 1.68. The van der Waals surface area contributed by atoms with E-state index in [4.69, 9.17) is 5.11 Å². The third-order valence-electron chi connectivity index (χ3n) is 5.25. The number of hydrogen-bond donors (Lipinski definition) is 3. The number of rotatable bonds is 5. The fourth-order valence-corrected chi connectivity index (χ4v) is 3.77. The number of ether oxygens (including phenoxy) is 1. The molecule has 2 heterocycles. The molecular weight excluding hydrogens is 338 g/mol. The number of carbonyl (C=O) groups is 3. The maximum absolute atomic E-state index is 12.8. The zero-order valence-corrected chi connectivity index (χ0v) is 14.9. The van der Waals surface area contributed by atoms with Crippen molar-refractivity contribution in [2.75, 3.05) is 51.3 Å². The van der Waals surface area contributed by atoms with Crippen molar-refractivity contribution >= 4 is 23.5 Å². The second-order valence-corrected chi connectivity index (χ2v) is 6.74. The predicted octanol–water partition coefficient (Wildman–Crippen LogP) is -3.12. The number of carbonyl (C=O) groups excluding carboxylic acids is 3. The van der Waals surface area contributed by atoms with Gasteiger partial charge in [0.15, 0.2) is 6.04 Å². The van der Waals surface area contributed by atoms with Crippen LogP contribution in [0.3, 0.4) is 0 Å². The van der Waals surface area contributed by atoms with Crippen LogP contribution < -0.4 is 14.7 Å². The third-order valence-corrected chi connectivity index (χ3v) is 5.25. The van der Waals surface area contributed by atoms with Crippen LogP contribution in [0.25, 0.3) is 0 Å². The highest BCUT2D eigenvalue weighted by Gasteiger charge is 2.46. The Bertz CT molecular complexity index is 683. The molecule has 2 amide bonds. The van der Waals surface area contributed by atoms with E-state index in [1.807, 2.05) is 0 Å². The molecule has 2 aliphatic rings.